The zero-order valence-electron chi connectivity index (χ0n) is 14.6. The fourth-order valence-corrected chi connectivity index (χ4v) is 3.34. The Balaban J connectivity index is 1.79. The summed E-state index contributed by atoms with van der Waals surface area (Å²) in [7, 11) is 0. The molecule has 2 aromatic rings. The Hall–Kier alpha value is -3.43. The van der Waals surface area contributed by atoms with Crippen LogP contribution in [0.5, 0.6) is 0 Å². The Kier molecular flexibility index (Phi) is 4.45. The van der Waals surface area contributed by atoms with Gasteiger partial charge in [-0.05, 0) is 24.3 Å². The minimum absolute atomic E-state index is 0.164. The number of morpholine rings is 1. The third-order valence-corrected chi connectivity index (χ3v) is 4.71. The molecule has 0 saturated carbocycles. The number of anilines is 1. The van der Waals surface area contributed by atoms with Crippen LogP contribution in [-0.4, -0.2) is 42.8 Å². The number of nitriles is 1. The first-order valence-electron chi connectivity index (χ1n) is 8.71. The van der Waals surface area contributed by atoms with Crippen molar-refractivity contribution in [2.24, 2.45) is 0 Å². The maximum atomic E-state index is 13.2. The number of rotatable bonds is 3. The van der Waals surface area contributed by atoms with Gasteiger partial charge in [0.15, 0.2) is 0 Å². The summed E-state index contributed by atoms with van der Waals surface area (Å²) < 4.78 is 5.39. The lowest BCUT2D eigenvalue weighted by Gasteiger charge is -2.34. The fourth-order valence-electron chi connectivity index (χ4n) is 3.34. The number of benzene rings is 2. The van der Waals surface area contributed by atoms with E-state index in [0.29, 0.717) is 54.4 Å². The number of hydrogen-bond acceptors (Lipinski definition) is 6. The minimum Gasteiger partial charge on any atom is -0.378 e. The first kappa shape index (κ1) is 17.0. The number of ether oxygens (including phenoxy) is 1. The molecule has 0 atom stereocenters. The van der Waals surface area contributed by atoms with E-state index in [1.807, 2.05) is 4.90 Å². The molecule has 0 radical (unpaired) electrons. The normalized spacial score (nSPS) is 16.8. The van der Waals surface area contributed by atoms with E-state index < -0.39 is 0 Å². The number of carbonyl (C=O) groups is 2. The highest BCUT2D eigenvalue weighted by molar-refractivity contribution is 6.27. The third kappa shape index (κ3) is 3.09. The summed E-state index contributed by atoms with van der Waals surface area (Å²) in [5.41, 5.74) is 2.65. The molecule has 0 bridgehead atoms. The summed E-state index contributed by atoms with van der Waals surface area (Å²) >= 11 is 0. The van der Waals surface area contributed by atoms with Crippen LogP contribution in [0.15, 0.2) is 59.9 Å². The first-order chi connectivity index (χ1) is 13.2. The number of allylic oxidation sites excluding steroid dienone is 2. The van der Waals surface area contributed by atoms with Gasteiger partial charge in [-0.25, -0.2) is 0 Å². The minimum atomic E-state index is -0.212. The second kappa shape index (κ2) is 7.06. The Morgan fingerprint density at radius 3 is 2.19 bits per heavy atom. The summed E-state index contributed by atoms with van der Waals surface area (Å²) in [6.45, 7) is 2.12. The van der Waals surface area contributed by atoms with E-state index in [9.17, 15) is 9.59 Å². The number of ketones is 2. The van der Waals surface area contributed by atoms with Gasteiger partial charge in [-0.2, -0.15) is 5.26 Å². The van der Waals surface area contributed by atoms with Gasteiger partial charge in [0.25, 0.3) is 0 Å². The van der Waals surface area contributed by atoms with Gasteiger partial charge >= 0.3 is 0 Å². The fraction of sp³-hybridized carbons (Fsp3) is 0.190. The van der Waals surface area contributed by atoms with Crippen LogP contribution in [0, 0.1) is 11.3 Å². The van der Waals surface area contributed by atoms with Gasteiger partial charge in [-0.3, -0.25) is 9.59 Å². The number of nitrogens with one attached hydrogen (secondary N) is 1. The van der Waals surface area contributed by atoms with Crippen molar-refractivity contribution < 1.29 is 14.3 Å². The number of carbonyl (C=O) groups excluding carboxylic acids is 2. The molecule has 6 heteroatoms. The zero-order valence-corrected chi connectivity index (χ0v) is 14.6. The maximum absolute atomic E-state index is 13.2. The topological polar surface area (TPSA) is 82.4 Å². The van der Waals surface area contributed by atoms with Crippen LogP contribution in [0.2, 0.25) is 0 Å². The SMILES string of the molecule is N#Cc1ccc(NC2=C(N3CCOCC3)C(=O)c3ccccc3C2=O)cc1. The molecular weight excluding hydrogens is 342 g/mol. The third-order valence-electron chi connectivity index (χ3n) is 4.71. The van der Waals surface area contributed by atoms with E-state index in [4.69, 9.17) is 10.00 Å². The molecule has 1 N–H and O–H groups in total. The van der Waals surface area contributed by atoms with Crippen LogP contribution < -0.4 is 5.32 Å². The first-order valence-corrected chi connectivity index (χ1v) is 8.71. The van der Waals surface area contributed by atoms with Crippen LogP contribution in [0.3, 0.4) is 0 Å². The van der Waals surface area contributed by atoms with Crippen LogP contribution in [0.1, 0.15) is 26.3 Å². The van der Waals surface area contributed by atoms with Crippen molar-refractivity contribution in [1.29, 1.82) is 5.26 Å². The van der Waals surface area contributed by atoms with Crippen molar-refractivity contribution in [2.45, 2.75) is 0 Å². The smallest absolute Gasteiger partial charge is 0.212 e. The molecule has 27 heavy (non-hydrogen) atoms. The highest BCUT2D eigenvalue weighted by Crippen LogP contribution is 2.30. The van der Waals surface area contributed by atoms with Gasteiger partial charge in [-0.15, -0.1) is 0 Å². The van der Waals surface area contributed by atoms with Crippen LogP contribution in [0.25, 0.3) is 0 Å². The van der Waals surface area contributed by atoms with E-state index in [1.54, 1.807) is 48.5 Å². The number of nitrogens with zero attached hydrogens (tertiary/aromatic N) is 2. The second-order valence-corrected chi connectivity index (χ2v) is 6.34. The molecule has 0 aromatic heterocycles. The van der Waals surface area contributed by atoms with Crippen molar-refractivity contribution in [3.8, 4) is 6.07 Å². The lowest BCUT2D eigenvalue weighted by atomic mass is 9.89. The molecule has 134 valence electrons. The van der Waals surface area contributed by atoms with Gasteiger partial charge in [0.2, 0.25) is 11.6 Å². The second-order valence-electron chi connectivity index (χ2n) is 6.34. The quantitative estimate of drug-likeness (QED) is 0.907. The van der Waals surface area contributed by atoms with E-state index in [1.165, 1.54) is 0 Å². The summed E-state index contributed by atoms with van der Waals surface area (Å²) in [6.07, 6.45) is 0. The van der Waals surface area contributed by atoms with Crippen molar-refractivity contribution in [3.05, 3.63) is 76.6 Å². The van der Waals surface area contributed by atoms with Crippen molar-refractivity contribution in [2.75, 3.05) is 31.6 Å². The van der Waals surface area contributed by atoms with Crippen molar-refractivity contribution in [1.82, 2.24) is 4.90 Å². The van der Waals surface area contributed by atoms with E-state index >= 15 is 0 Å². The van der Waals surface area contributed by atoms with Gasteiger partial charge in [0.05, 0.1) is 24.8 Å². The maximum Gasteiger partial charge on any atom is 0.212 e. The Labute approximate surface area is 156 Å². The molecule has 1 aliphatic heterocycles. The molecule has 6 nitrogen and oxygen atoms in total. The highest BCUT2D eigenvalue weighted by Gasteiger charge is 2.35. The summed E-state index contributed by atoms with van der Waals surface area (Å²) in [4.78, 5) is 28.3. The van der Waals surface area contributed by atoms with Crippen LogP contribution in [-0.2, 0) is 4.74 Å². The molecule has 2 aromatic carbocycles. The average molecular weight is 359 g/mol. The van der Waals surface area contributed by atoms with Crippen LogP contribution >= 0.6 is 0 Å². The van der Waals surface area contributed by atoms with Gasteiger partial charge < -0.3 is 15.0 Å². The lowest BCUT2D eigenvalue weighted by molar-refractivity contribution is 0.0496. The zero-order chi connectivity index (χ0) is 18.8. The molecular formula is C21H17N3O3. The molecule has 1 fully saturated rings. The molecule has 1 saturated heterocycles. The summed E-state index contributed by atoms with van der Waals surface area (Å²) in [6, 6.07) is 15.7. The Morgan fingerprint density at radius 1 is 0.926 bits per heavy atom. The summed E-state index contributed by atoms with van der Waals surface area (Å²) in [5.74, 6) is -0.376. The van der Waals surface area contributed by atoms with E-state index in [-0.39, 0.29) is 17.3 Å². The van der Waals surface area contributed by atoms with Gasteiger partial charge in [0, 0.05) is 29.9 Å². The molecule has 0 spiro atoms. The number of hydrogen-bond donors (Lipinski definition) is 1. The van der Waals surface area contributed by atoms with E-state index in [0.717, 1.165) is 0 Å². The van der Waals surface area contributed by atoms with Crippen molar-refractivity contribution in [3.63, 3.8) is 0 Å². The Morgan fingerprint density at radius 2 is 1.56 bits per heavy atom. The highest BCUT2D eigenvalue weighted by atomic mass is 16.5. The van der Waals surface area contributed by atoms with Gasteiger partial charge in [0.1, 0.15) is 11.4 Å². The largest absolute Gasteiger partial charge is 0.378 e. The van der Waals surface area contributed by atoms with Gasteiger partial charge in [-0.1, -0.05) is 24.3 Å². The van der Waals surface area contributed by atoms with E-state index in [2.05, 4.69) is 11.4 Å². The molecule has 0 amide bonds. The van der Waals surface area contributed by atoms with Crippen LogP contribution in [0.4, 0.5) is 5.69 Å². The standard InChI is InChI=1S/C21H17N3O3/c22-13-14-5-7-15(8-6-14)23-18-19(24-9-11-27-12-10-24)21(26)17-4-2-1-3-16(17)20(18)25/h1-8,23H,9-12H2. The lowest BCUT2D eigenvalue weighted by Crippen LogP contribution is -2.42. The number of fused-ring (bicyclic) bond motifs is 1. The molecule has 1 aliphatic carbocycles. The molecule has 0 unspecified atom stereocenters. The Bertz CT molecular complexity index is 980. The predicted octanol–water partition coefficient (Wildman–Crippen LogP) is 2.59. The monoisotopic (exact) mass is 359 g/mol. The predicted molar refractivity (Wildman–Crippen MR) is 99.3 cm³/mol. The molecule has 1 heterocycles. The molecule has 2 aliphatic rings. The van der Waals surface area contributed by atoms with Crippen molar-refractivity contribution >= 4 is 17.3 Å². The molecule has 4 rings (SSSR count). The average Bonchev–Trinajstić information content (AvgIpc) is 2.73. The summed E-state index contributed by atoms with van der Waals surface area (Å²) in [5, 5.41) is 12.1. The number of Topliss-reactive ketones (excluding diaryl/α,β-unsaturated/α-hetero) is 2.